The van der Waals surface area contributed by atoms with Crippen LogP contribution >= 0.6 is 0 Å². The number of halogens is 2. The number of benzene rings is 1. The lowest BCUT2D eigenvalue weighted by molar-refractivity contribution is 0.103. The Bertz CT molecular complexity index is 1480. The smallest absolute Gasteiger partial charge is 0.232 e. The van der Waals surface area contributed by atoms with Gasteiger partial charge in [0.05, 0.1) is 11.3 Å². The molecule has 0 fully saturated rings. The first kappa shape index (κ1) is 22.5. The van der Waals surface area contributed by atoms with Crippen LogP contribution in [-0.2, 0) is 10.0 Å². The van der Waals surface area contributed by atoms with Crippen LogP contribution in [0, 0.1) is 18.6 Å². The Balaban J connectivity index is 1.79. The summed E-state index contributed by atoms with van der Waals surface area (Å²) in [5, 5.41) is 0.450. The van der Waals surface area contributed by atoms with E-state index in [1.54, 1.807) is 31.6 Å². The van der Waals surface area contributed by atoms with Crippen molar-refractivity contribution in [3.8, 4) is 11.1 Å². The maximum atomic E-state index is 15.1. The van der Waals surface area contributed by atoms with E-state index in [2.05, 4.69) is 15.0 Å². The molecule has 0 unspecified atom stereocenters. The zero-order valence-corrected chi connectivity index (χ0v) is 18.6. The zero-order chi connectivity index (χ0) is 23.8. The van der Waals surface area contributed by atoms with Gasteiger partial charge in [0.1, 0.15) is 17.2 Å². The fourth-order valence-electron chi connectivity index (χ4n) is 3.58. The first-order chi connectivity index (χ1) is 15.7. The van der Waals surface area contributed by atoms with Gasteiger partial charge in [0.15, 0.2) is 11.6 Å². The number of pyridine rings is 2. The van der Waals surface area contributed by atoms with Gasteiger partial charge in [-0.3, -0.25) is 14.5 Å². The summed E-state index contributed by atoms with van der Waals surface area (Å²) in [6.07, 6.45) is 6.66. The number of carbonyl (C=O) groups excluding carboxylic acids is 1. The number of nitrogens with one attached hydrogen (secondary N) is 2. The molecule has 0 aliphatic carbocycles. The van der Waals surface area contributed by atoms with E-state index in [1.807, 2.05) is 17.7 Å². The second-order valence-electron chi connectivity index (χ2n) is 7.55. The van der Waals surface area contributed by atoms with Crippen molar-refractivity contribution in [3.05, 3.63) is 77.4 Å². The minimum atomic E-state index is -3.96. The molecule has 0 saturated carbocycles. The van der Waals surface area contributed by atoms with Crippen LogP contribution in [0.2, 0.25) is 0 Å². The molecule has 4 aromatic rings. The normalized spacial score (nSPS) is 11.6. The average molecular weight is 471 g/mol. The second kappa shape index (κ2) is 8.70. The van der Waals surface area contributed by atoms with E-state index >= 15 is 4.39 Å². The van der Waals surface area contributed by atoms with Crippen molar-refractivity contribution in [2.24, 2.45) is 0 Å². The SMILES string of the molecule is CCCS(=O)(=O)Nc1c(F)ccc(C(=O)c2c[nH]c3ncc(-c4ccncc4C)cc23)c1F. The zero-order valence-electron chi connectivity index (χ0n) is 17.8. The summed E-state index contributed by atoms with van der Waals surface area (Å²) in [7, 11) is -3.96. The number of ketones is 1. The Morgan fingerprint density at radius 1 is 1.15 bits per heavy atom. The molecule has 0 saturated heterocycles. The highest BCUT2D eigenvalue weighted by Crippen LogP contribution is 2.30. The molecule has 0 spiro atoms. The highest BCUT2D eigenvalue weighted by molar-refractivity contribution is 7.92. The van der Waals surface area contributed by atoms with E-state index in [0.717, 1.165) is 28.8 Å². The van der Waals surface area contributed by atoms with E-state index in [1.165, 1.54) is 6.20 Å². The topological polar surface area (TPSA) is 105 Å². The van der Waals surface area contributed by atoms with Crippen molar-refractivity contribution in [3.63, 3.8) is 0 Å². The van der Waals surface area contributed by atoms with Crippen LogP contribution in [0.1, 0.15) is 34.8 Å². The maximum Gasteiger partial charge on any atom is 0.232 e. The number of H-pyrrole nitrogens is 1. The van der Waals surface area contributed by atoms with Gasteiger partial charge < -0.3 is 4.98 Å². The summed E-state index contributed by atoms with van der Waals surface area (Å²) in [6, 6.07) is 5.42. The molecule has 7 nitrogen and oxygen atoms in total. The van der Waals surface area contributed by atoms with Crippen molar-refractivity contribution < 1.29 is 22.0 Å². The van der Waals surface area contributed by atoms with Gasteiger partial charge in [0.2, 0.25) is 10.0 Å². The summed E-state index contributed by atoms with van der Waals surface area (Å²) in [4.78, 5) is 24.5. The molecule has 3 heterocycles. The highest BCUT2D eigenvalue weighted by Gasteiger charge is 2.25. The third-order valence-corrected chi connectivity index (χ3v) is 6.63. The van der Waals surface area contributed by atoms with Gasteiger partial charge in [0.25, 0.3) is 0 Å². The molecular formula is C23H20F2N4O3S. The van der Waals surface area contributed by atoms with E-state index in [9.17, 15) is 17.6 Å². The molecule has 0 amide bonds. The maximum absolute atomic E-state index is 15.1. The van der Waals surface area contributed by atoms with Crippen molar-refractivity contribution in [2.75, 3.05) is 10.5 Å². The molecule has 33 heavy (non-hydrogen) atoms. The Labute approximate surface area is 189 Å². The average Bonchev–Trinajstić information content (AvgIpc) is 3.20. The number of hydrogen-bond donors (Lipinski definition) is 2. The number of fused-ring (bicyclic) bond motifs is 1. The first-order valence-electron chi connectivity index (χ1n) is 10.1. The number of hydrogen-bond acceptors (Lipinski definition) is 5. The molecule has 1 aromatic carbocycles. The minimum absolute atomic E-state index is 0.124. The molecule has 170 valence electrons. The lowest BCUT2D eigenvalue weighted by Crippen LogP contribution is -2.19. The number of rotatable bonds is 7. The fourth-order valence-corrected chi connectivity index (χ4v) is 4.72. The number of aryl methyl sites for hydroxylation is 1. The van der Waals surface area contributed by atoms with Crippen LogP contribution in [0.4, 0.5) is 14.5 Å². The van der Waals surface area contributed by atoms with Gasteiger partial charge in [0, 0.05) is 41.3 Å². The fraction of sp³-hybridized carbons (Fsp3) is 0.174. The summed E-state index contributed by atoms with van der Waals surface area (Å²) < 4.78 is 55.4. The van der Waals surface area contributed by atoms with Gasteiger partial charge >= 0.3 is 0 Å². The third-order valence-electron chi connectivity index (χ3n) is 5.17. The molecular weight excluding hydrogens is 450 g/mol. The summed E-state index contributed by atoms with van der Waals surface area (Å²) in [5.41, 5.74) is 1.73. The molecule has 0 aliphatic rings. The number of aromatic nitrogens is 3. The number of nitrogens with zero attached hydrogens (tertiary/aromatic N) is 2. The van der Waals surface area contributed by atoms with Crippen LogP contribution in [0.15, 0.2) is 49.1 Å². The van der Waals surface area contributed by atoms with Crippen molar-refractivity contribution in [1.29, 1.82) is 0 Å². The number of aromatic amines is 1. The minimum Gasteiger partial charge on any atom is -0.345 e. The van der Waals surface area contributed by atoms with E-state index in [0.29, 0.717) is 11.0 Å². The predicted octanol–water partition coefficient (Wildman–Crippen LogP) is 4.59. The van der Waals surface area contributed by atoms with E-state index < -0.39 is 38.7 Å². The van der Waals surface area contributed by atoms with Crippen molar-refractivity contribution in [1.82, 2.24) is 15.0 Å². The van der Waals surface area contributed by atoms with Crippen LogP contribution in [0.3, 0.4) is 0 Å². The van der Waals surface area contributed by atoms with Crippen molar-refractivity contribution in [2.45, 2.75) is 20.3 Å². The molecule has 10 heteroatoms. The molecule has 0 atom stereocenters. The molecule has 2 N–H and O–H groups in total. The van der Waals surface area contributed by atoms with Gasteiger partial charge in [-0.15, -0.1) is 0 Å². The molecule has 3 aromatic heterocycles. The molecule has 4 rings (SSSR count). The van der Waals surface area contributed by atoms with Gasteiger partial charge in [-0.25, -0.2) is 22.2 Å². The molecule has 0 aliphatic heterocycles. The van der Waals surface area contributed by atoms with Crippen LogP contribution in [-0.4, -0.2) is 34.9 Å². The molecule has 0 bridgehead atoms. The second-order valence-corrected chi connectivity index (χ2v) is 9.39. The summed E-state index contributed by atoms with van der Waals surface area (Å²) in [6.45, 7) is 3.52. The Kier molecular flexibility index (Phi) is 5.94. The van der Waals surface area contributed by atoms with Crippen molar-refractivity contribution >= 4 is 32.5 Å². The Morgan fingerprint density at radius 3 is 2.67 bits per heavy atom. The molecule has 0 radical (unpaired) electrons. The largest absolute Gasteiger partial charge is 0.345 e. The quantitative estimate of drug-likeness (QED) is 0.384. The number of sulfonamides is 1. The van der Waals surface area contributed by atoms with Crippen LogP contribution in [0.25, 0.3) is 22.2 Å². The summed E-state index contributed by atoms with van der Waals surface area (Å²) in [5.74, 6) is -3.43. The third kappa shape index (κ3) is 4.34. The Hall–Kier alpha value is -3.66. The number of carbonyl (C=O) groups is 1. The van der Waals surface area contributed by atoms with Crippen LogP contribution < -0.4 is 4.72 Å². The van der Waals surface area contributed by atoms with E-state index in [4.69, 9.17) is 0 Å². The van der Waals surface area contributed by atoms with Crippen LogP contribution in [0.5, 0.6) is 0 Å². The lowest BCUT2D eigenvalue weighted by Gasteiger charge is -2.11. The lowest BCUT2D eigenvalue weighted by atomic mass is 9.99. The van der Waals surface area contributed by atoms with Gasteiger partial charge in [-0.05, 0) is 48.7 Å². The monoisotopic (exact) mass is 470 g/mol. The van der Waals surface area contributed by atoms with Gasteiger partial charge in [-0.1, -0.05) is 6.92 Å². The standard InChI is InChI=1S/C23H20F2N4O3S/c1-3-8-33(31,32)29-21-19(24)5-4-16(20(21)25)22(30)18-12-28-23-17(18)9-14(11-27-23)15-6-7-26-10-13(15)2/h4-7,9-12,29H,3,8H2,1-2H3,(H,27,28). The summed E-state index contributed by atoms with van der Waals surface area (Å²) >= 11 is 0. The highest BCUT2D eigenvalue weighted by atomic mass is 32.2. The first-order valence-corrected chi connectivity index (χ1v) is 11.8. The van der Waals surface area contributed by atoms with E-state index in [-0.39, 0.29) is 17.7 Å². The number of anilines is 1. The Morgan fingerprint density at radius 2 is 1.94 bits per heavy atom. The predicted molar refractivity (Wildman–Crippen MR) is 122 cm³/mol. The van der Waals surface area contributed by atoms with Gasteiger partial charge in [-0.2, -0.15) is 0 Å².